The van der Waals surface area contributed by atoms with Crippen LogP contribution < -0.4 is 4.90 Å². The van der Waals surface area contributed by atoms with Crippen molar-refractivity contribution >= 4 is 16.7 Å². The molecule has 0 saturated carbocycles. The summed E-state index contributed by atoms with van der Waals surface area (Å²) in [7, 11) is 0. The van der Waals surface area contributed by atoms with E-state index in [1.165, 1.54) is 11.6 Å². The van der Waals surface area contributed by atoms with Gasteiger partial charge in [0.2, 0.25) is 0 Å². The maximum atomic E-state index is 12.7. The van der Waals surface area contributed by atoms with E-state index in [0.29, 0.717) is 5.82 Å². The highest BCUT2D eigenvalue weighted by molar-refractivity contribution is 5.78. The molecule has 1 fully saturated rings. The number of alkyl halides is 3. The van der Waals surface area contributed by atoms with Gasteiger partial charge < -0.3 is 4.90 Å². The second kappa shape index (κ2) is 7.75. The number of fused-ring (bicyclic) bond motifs is 1. The van der Waals surface area contributed by atoms with Crippen LogP contribution in [0.4, 0.5) is 19.0 Å². The molecule has 0 amide bonds. The summed E-state index contributed by atoms with van der Waals surface area (Å²) in [6.07, 6.45) is -0.677. The normalized spacial score (nSPS) is 15.9. The van der Waals surface area contributed by atoms with Gasteiger partial charge in [-0.2, -0.15) is 13.2 Å². The predicted octanol–water partition coefficient (Wildman–Crippen LogP) is 4.01. The summed E-state index contributed by atoms with van der Waals surface area (Å²) < 4.78 is 38.0. The highest BCUT2D eigenvalue weighted by atomic mass is 19.4. The molecular formula is C21H21F3N4. The molecule has 0 unspecified atom stereocenters. The van der Waals surface area contributed by atoms with Gasteiger partial charge in [0, 0.05) is 50.5 Å². The van der Waals surface area contributed by atoms with Crippen molar-refractivity contribution in [1.29, 1.82) is 0 Å². The van der Waals surface area contributed by atoms with Crippen LogP contribution >= 0.6 is 0 Å². The zero-order valence-corrected chi connectivity index (χ0v) is 15.4. The third-order valence-corrected chi connectivity index (χ3v) is 5.16. The molecular weight excluding hydrogens is 365 g/mol. The van der Waals surface area contributed by atoms with E-state index < -0.39 is 11.7 Å². The van der Waals surface area contributed by atoms with E-state index in [1.54, 1.807) is 6.20 Å². The summed E-state index contributed by atoms with van der Waals surface area (Å²) in [6, 6.07) is 12.9. The second-order valence-corrected chi connectivity index (χ2v) is 7.01. The highest BCUT2D eigenvalue weighted by Crippen LogP contribution is 2.29. The molecule has 3 heterocycles. The summed E-state index contributed by atoms with van der Waals surface area (Å²) in [5.74, 6) is 0.605. The molecule has 1 aliphatic heterocycles. The van der Waals surface area contributed by atoms with E-state index in [1.807, 2.05) is 11.0 Å². The molecule has 1 aromatic carbocycles. The first-order chi connectivity index (χ1) is 13.5. The van der Waals surface area contributed by atoms with Crippen LogP contribution in [0, 0.1) is 0 Å². The summed E-state index contributed by atoms with van der Waals surface area (Å²) in [5, 5.41) is 1.14. The number of rotatable bonds is 4. The average Bonchev–Trinajstić information content (AvgIpc) is 2.72. The minimum atomic E-state index is -4.34. The molecule has 4 nitrogen and oxygen atoms in total. The molecule has 28 heavy (non-hydrogen) atoms. The number of aromatic nitrogens is 2. The SMILES string of the molecule is FC(F)(F)c1ccc(N2CCN(CCc3ccc4cccnc4c3)CC2)nc1. The molecule has 7 heteroatoms. The number of piperazine rings is 1. The minimum absolute atomic E-state index is 0.605. The summed E-state index contributed by atoms with van der Waals surface area (Å²) >= 11 is 0. The minimum Gasteiger partial charge on any atom is -0.354 e. The maximum absolute atomic E-state index is 12.7. The van der Waals surface area contributed by atoms with Crippen LogP contribution in [0.5, 0.6) is 0 Å². The van der Waals surface area contributed by atoms with Gasteiger partial charge in [-0.25, -0.2) is 4.98 Å². The first kappa shape index (κ1) is 18.7. The lowest BCUT2D eigenvalue weighted by atomic mass is 10.1. The van der Waals surface area contributed by atoms with Gasteiger partial charge in [-0.05, 0) is 36.2 Å². The Morgan fingerprint density at radius 2 is 1.75 bits per heavy atom. The summed E-state index contributed by atoms with van der Waals surface area (Å²) in [6.45, 7) is 4.21. The monoisotopic (exact) mass is 386 g/mol. The number of halogens is 3. The van der Waals surface area contributed by atoms with Crippen LogP contribution in [0.1, 0.15) is 11.1 Å². The smallest absolute Gasteiger partial charge is 0.354 e. The van der Waals surface area contributed by atoms with Crippen molar-refractivity contribution in [2.45, 2.75) is 12.6 Å². The van der Waals surface area contributed by atoms with E-state index in [9.17, 15) is 13.2 Å². The van der Waals surface area contributed by atoms with Crippen molar-refractivity contribution < 1.29 is 13.2 Å². The fraction of sp³-hybridized carbons (Fsp3) is 0.333. The quantitative estimate of drug-likeness (QED) is 0.678. The maximum Gasteiger partial charge on any atom is 0.417 e. The van der Waals surface area contributed by atoms with Crippen LogP contribution in [0.25, 0.3) is 10.9 Å². The van der Waals surface area contributed by atoms with Crippen molar-refractivity contribution in [3.63, 3.8) is 0 Å². The highest BCUT2D eigenvalue weighted by Gasteiger charge is 2.31. The van der Waals surface area contributed by atoms with Gasteiger partial charge in [0.25, 0.3) is 0 Å². The standard InChI is InChI=1S/C21H21F3N4/c22-21(23,24)18-5-6-20(26-15-18)28-12-10-27(11-13-28)9-7-16-3-4-17-2-1-8-25-19(17)14-16/h1-6,8,14-15H,7,9-13H2. The van der Waals surface area contributed by atoms with Crippen LogP contribution in [-0.2, 0) is 12.6 Å². The van der Waals surface area contributed by atoms with Crippen LogP contribution in [0.15, 0.2) is 54.9 Å². The van der Waals surface area contributed by atoms with Gasteiger partial charge in [0.1, 0.15) is 5.82 Å². The fourth-order valence-electron chi connectivity index (χ4n) is 3.50. The largest absolute Gasteiger partial charge is 0.417 e. The number of hydrogen-bond acceptors (Lipinski definition) is 4. The molecule has 146 valence electrons. The number of pyridine rings is 2. The molecule has 0 bridgehead atoms. The van der Waals surface area contributed by atoms with E-state index in [4.69, 9.17) is 0 Å². The molecule has 1 aliphatic rings. The van der Waals surface area contributed by atoms with Gasteiger partial charge in [-0.1, -0.05) is 18.2 Å². The molecule has 3 aromatic rings. The number of benzene rings is 1. The molecule has 0 N–H and O–H groups in total. The predicted molar refractivity (Wildman–Crippen MR) is 103 cm³/mol. The van der Waals surface area contributed by atoms with Crippen LogP contribution in [0.3, 0.4) is 0 Å². The molecule has 4 rings (SSSR count). The molecule has 0 radical (unpaired) electrons. The van der Waals surface area contributed by atoms with Crippen molar-refractivity contribution in [3.05, 3.63) is 66.0 Å². The van der Waals surface area contributed by atoms with Crippen molar-refractivity contribution in [2.24, 2.45) is 0 Å². The first-order valence-corrected chi connectivity index (χ1v) is 9.33. The Labute approximate surface area is 161 Å². The molecule has 2 aromatic heterocycles. The van der Waals surface area contributed by atoms with Gasteiger partial charge in [0.05, 0.1) is 11.1 Å². The zero-order chi connectivity index (χ0) is 19.6. The fourth-order valence-corrected chi connectivity index (χ4v) is 3.50. The number of nitrogens with zero attached hydrogens (tertiary/aromatic N) is 4. The Kier molecular flexibility index (Phi) is 5.17. The van der Waals surface area contributed by atoms with Crippen molar-refractivity contribution in [3.8, 4) is 0 Å². The van der Waals surface area contributed by atoms with Crippen molar-refractivity contribution in [1.82, 2.24) is 14.9 Å². The number of hydrogen-bond donors (Lipinski definition) is 0. The second-order valence-electron chi connectivity index (χ2n) is 7.01. The van der Waals surface area contributed by atoms with E-state index >= 15 is 0 Å². The Hall–Kier alpha value is -2.67. The van der Waals surface area contributed by atoms with Crippen LogP contribution in [0.2, 0.25) is 0 Å². The zero-order valence-electron chi connectivity index (χ0n) is 15.4. The summed E-state index contributed by atoms with van der Waals surface area (Å²) in [5.41, 5.74) is 1.57. The Bertz CT molecular complexity index is 932. The van der Waals surface area contributed by atoms with Gasteiger partial charge in [-0.3, -0.25) is 9.88 Å². The molecule has 0 spiro atoms. The number of anilines is 1. The van der Waals surface area contributed by atoms with Crippen LogP contribution in [-0.4, -0.2) is 47.6 Å². The van der Waals surface area contributed by atoms with E-state index in [-0.39, 0.29) is 0 Å². The Balaban J connectivity index is 1.30. The Morgan fingerprint density at radius 1 is 0.929 bits per heavy atom. The topological polar surface area (TPSA) is 32.3 Å². The lowest BCUT2D eigenvalue weighted by Gasteiger charge is -2.35. The summed E-state index contributed by atoms with van der Waals surface area (Å²) in [4.78, 5) is 12.8. The first-order valence-electron chi connectivity index (χ1n) is 9.33. The third kappa shape index (κ3) is 4.25. The van der Waals surface area contributed by atoms with Gasteiger partial charge in [0.15, 0.2) is 0 Å². The van der Waals surface area contributed by atoms with Gasteiger partial charge >= 0.3 is 6.18 Å². The molecule has 1 saturated heterocycles. The molecule has 0 atom stereocenters. The Morgan fingerprint density at radius 3 is 2.46 bits per heavy atom. The van der Waals surface area contributed by atoms with Crippen molar-refractivity contribution in [2.75, 3.05) is 37.6 Å². The lowest BCUT2D eigenvalue weighted by molar-refractivity contribution is -0.137. The molecule has 0 aliphatic carbocycles. The lowest BCUT2D eigenvalue weighted by Crippen LogP contribution is -2.47. The average molecular weight is 386 g/mol. The third-order valence-electron chi connectivity index (χ3n) is 5.16. The van der Waals surface area contributed by atoms with E-state index in [2.05, 4.69) is 39.1 Å². The van der Waals surface area contributed by atoms with Gasteiger partial charge in [-0.15, -0.1) is 0 Å². The van der Waals surface area contributed by atoms with E-state index in [0.717, 1.165) is 62.3 Å².